The molecule has 0 radical (unpaired) electrons. The Bertz CT molecular complexity index is 1840. The lowest BCUT2D eigenvalue weighted by atomic mass is 10.0. The topological polar surface area (TPSA) is 193 Å². The average Bonchev–Trinajstić information content (AvgIpc) is 3.55. The molecule has 2 atom stereocenters. The molecule has 50 heavy (non-hydrogen) atoms. The number of ether oxygens (including phenoxy) is 1. The van der Waals surface area contributed by atoms with Crippen LogP contribution in [-0.4, -0.2) is 91.8 Å². The summed E-state index contributed by atoms with van der Waals surface area (Å²) in [6, 6.07) is 14.5. The van der Waals surface area contributed by atoms with Gasteiger partial charge in [-0.15, -0.1) is 5.10 Å². The highest BCUT2D eigenvalue weighted by Gasteiger charge is 2.29. The molecule has 0 spiro atoms. The molecule has 0 saturated heterocycles. The molecule has 4 bridgehead atoms. The fraction of sp³-hybridized carbons (Fsp3) is 0.371. The molecule has 2 aromatic heterocycles. The van der Waals surface area contributed by atoms with Gasteiger partial charge in [-0.2, -0.15) is 0 Å². The third-order valence-electron chi connectivity index (χ3n) is 8.11. The lowest BCUT2D eigenvalue weighted by molar-refractivity contribution is -0.132. The number of aromatic amines is 1. The molecule has 15 heteroatoms. The Kier molecular flexibility index (Phi) is 12.0. The van der Waals surface area contributed by atoms with Gasteiger partial charge in [-0.3, -0.25) is 29.0 Å². The quantitative estimate of drug-likeness (QED) is 0.239. The molecule has 4 N–H and O–H groups in total. The summed E-state index contributed by atoms with van der Waals surface area (Å²) in [6.45, 7) is 4.65. The molecule has 0 fully saturated rings. The highest BCUT2D eigenvalue weighted by atomic mass is 16.5. The van der Waals surface area contributed by atoms with E-state index in [4.69, 9.17) is 4.74 Å². The Balaban J connectivity index is 1.40. The first-order valence-corrected chi connectivity index (χ1v) is 16.5. The second kappa shape index (κ2) is 17.0. The van der Waals surface area contributed by atoms with E-state index in [1.165, 1.54) is 11.1 Å². The number of nitrogens with zero attached hydrogens (tertiary/aromatic N) is 5. The summed E-state index contributed by atoms with van der Waals surface area (Å²) < 4.78 is 7.55. The molecule has 4 aromatic rings. The van der Waals surface area contributed by atoms with E-state index in [0.29, 0.717) is 30.0 Å². The van der Waals surface area contributed by atoms with Crippen LogP contribution in [-0.2, 0) is 40.2 Å². The van der Waals surface area contributed by atoms with Crippen molar-refractivity contribution < 1.29 is 23.9 Å². The number of carbonyl (C=O) groups is 4. The van der Waals surface area contributed by atoms with Crippen molar-refractivity contribution in [1.82, 2.24) is 45.8 Å². The summed E-state index contributed by atoms with van der Waals surface area (Å²) in [5.41, 5.74) is 1.64. The molecule has 262 valence electrons. The van der Waals surface area contributed by atoms with Crippen molar-refractivity contribution >= 4 is 23.6 Å². The number of benzene rings is 2. The van der Waals surface area contributed by atoms with Crippen molar-refractivity contribution in [3.05, 3.63) is 106 Å². The van der Waals surface area contributed by atoms with Gasteiger partial charge >= 0.3 is 0 Å². The van der Waals surface area contributed by atoms with Crippen molar-refractivity contribution in [2.45, 2.75) is 51.7 Å². The minimum Gasteiger partial charge on any atom is -0.492 e. The Morgan fingerprint density at radius 1 is 0.960 bits per heavy atom. The van der Waals surface area contributed by atoms with Crippen LogP contribution in [0.15, 0.2) is 78.0 Å². The van der Waals surface area contributed by atoms with E-state index >= 15 is 0 Å². The summed E-state index contributed by atoms with van der Waals surface area (Å²) in [7, 11) is 0. The van der Waals surface area contributed by atoms with Crippen LogP contribution in [0.4, 0.5) is 0 Å². The van der Waals surface area contributed by atoms with E-state index in [0.717, 1.165) is 11.8 Å². The van der Waals surface area contributed by atoms with Gasteiger partial charge in [0.1, 0.15) is 30.1 Å². The molecular formula is C35H41N9O6. The average molecular weight is 684 g/mol. The molecule has 2 aromatic carbocycles. The Morgan fingerprint density at radius 2 is 1.78 bits per heavy atom. The molecule has 4 amide bonds. The fourth-order valence-corrected chi connectivity index (χ4v) is 5.49. The van der Waals surface area contributed by atoms with Gasteiger partial charge in [-0.05, 0) is 29.2 Å². The number of aromatic nitrogens is 5. The number of amides is 4. The largest absolute Gasteiger partial charge is 0.492 e. The molecule has 1 aliphatic rings. The second-order valence-corrected chi connectivity index (χ2v) is 12.3. The predicted molar refractivity (Wildman–Crippen MR) is 182 cm³/mol. The van der Waals surface area contributed by atoms with Gasteiger partial charge in [0.2, 0.25) is 17.7 Å². The Hall–Kier alpha value is -5.86. The van der Waals surface area contributed by atoms with Crippen LogP contribution in [0.3, 0.4) is 0 Å². The van der Waals surface area contributed by atoms with Gasteiger partial charge in [0.25, 0.3) is 11.5 Å². The molecule has 15 nitrogen and oxygen atoms in total. The van der Waals surface area contributed by atoms with Gasteiger partial charge in [0, 0.05) is 38.7 Å². The minimum atomic E-state index is -0.979. The van der Waals surface area contributed by atoms with Crippen molar-refractivity contribution in [3.63, 3.8) is 0 Å². The van der Waals surface area contributed by atoms with Gasteiger partial charge in [-0.25, -0.2) is 4.68 Å². The zero-order valence-corrected chi connectivity index (χ0v) is 28.0. The molecule has 1 aliphatic heterocycles. The van der Waals surface area contributed by atoms with Gasteiger partial charge in [-0.1, -0.05) is 61.5 Å². The number of carbonyl (C=O) groups excluding carboxylic acids is 4. The van der Waals surface area contributed by atoms with Gasteiger partial charge in [0.05, 0.1) is 31.1 Å². The molecular weight excluding hydrogens is 642 g/mol. The number of rotatable bonds is 4. The van der Waals surface area contributed by atoms with Crippen LogP contribution < -0.4 is 26.2 Å². The maximum absolute atomic E-state index is 13.7. The second-order valence-electron chi connectivity index (χ2n) is 12.3. The van der Waals surface area contributed by atoms with Gasteiger partial charge < -0.3 is 30.6 Å². The maximum atomic E-state index is 13.7. The third-order valence-corrected chi connectivity index (χ3v) is 8.11. The Labute approximate surface area is 288 Å². The standard InChI is InChI=1S/C35H41N9O6/c1-23(2)32-34(48)39-28(18-24-7-4-3-5-8-24)33(47)37-12-14-43(35(49)29-20-36-21-31(46)38-29)13-11-26-22-44(42-41-26)15-16-50-27-10-6-9-25(17-27)19-30(45)40-32/h3-10,17,20-23,28,32H,11-16,18-19H2,1-2H3,(H,37,47)(H,38,46)(H,39,48)(H,40,45)/t28-,32+/m0/s1. The van der Waals surface area contributed by atoms with Crippen molar-refractivity contribution in [3.8, 4) is 5.75 Å². The zero-order valence-electron chi connectivity index (χ0n) is 28.0. The molecule has 3 heterocycles. The SMILES string of the molecule is CC(C)[C@H]1NC(=O)Cc2cccc(c2)OCCn2cc(nn2)CCN(C(=O)c2cncc(=O)[nH]2)CCNC(=O)[C@H](Cc2ccccc2)NC1=O. The first-order valence-electron chi connectivity index (χ1n) is 16.5. The van der Waals surface area contributed by atoms with E-state index in [1.807, 2.05) is 50.2 Å². The Morgan fingerprint density at radius 3 is 2.56 bits per heavy atom. The monoisotopic (exact) mass is 683 g/mol. The normalized spacial score (nSPS) is 18.4. The van der Waals surface area contributed by atoms with Crippen LogP contribution in [0, 0.1) is 5.92 Å². The number of hydrogen-bond acceptors (Lipinski definition) is 9. The highest BCUT2D eigenvalue weighted by Crippen LogP contribution is 2.15. The summed E-state index contributed by atoms with van der Waals surface area (Å²) >= 11 is 0. The zero-order chi connectivity index (χ0) is 35.5. The van der Waals surface area contributed by atoms with E-state index in [2.05, 4.69) is 36.2 Å². The fourth-order valence-electron chi connectivity index (χ4n) is 5.49. The number of hydrogen-bond donors (Lipinski definition) is 4. The van der Waals surface area contributed by atoms with E-state index in [9.17, 15) is 24.0 Å². The number of fused-ring (bicyclic) bond motifs is 4. The molecule has 0 saturated carbocycles. The number of nitrogens with one attached hydrogen (secondary N) is 4. The van der Waals surface area contributed by atoms with E-state index in [1.54, 1.807) is 29.1 Å². The third kappa shape index (κ3) is 10.1. The minimum absolute atomic E-state index is 0.00190. The predicted octanol–water partition coefficient (Wildman–Crippen LogP) is 0.666. The van der Waals surface area contributed by atoms with Crippen LogP contribution in [0.2, 0.25) is 0 Å². The van der Waals surface area contributed by atoms with Crippen molar-refractivity contribution in [1.29, 1.82) is 0 Å². The van der Waals surface area contributed by atoms with E-state index < -0.39 is 35.4 Å². The van der Waals surface area contributed by atoms with Crippen LogP contribution in [0.1, 0.15) is 41.2 Å². The number of H-pyrrole nitrogens is 1. The van der Waals surface area contributed by atoms with Crippen LogP contribution >= 0.6 is 0 Å². The summed E-state index contributed by atoms with van der Waals surface area (Å²) in [4.78, 5) is 73.7. The summed E-state index contributed by atoms with van der Waals surface area (Å²) in [6.07, 6.45) is 4.67. The van der Waals surface area contributed by atoms with E-state index in [-0.39, 0.29) is 56.6 Å². The summed E-state index contributed by atoms with van der Waals surface area (Å²) in [5.74, 6) is -1.50. The van der Waals surface area contributed by atoms with Crippen molar-refractivity contribution in [2.24, 2.45) is 5.92 Å². The lowest BCUT2D eigenvalue weighted by Gasteiger charge is -2.26. The van der Waals surface area contributed by atoms with Crippen LogP contribution in [0.5, 0.6) is 5.75 Å². The molecule has 0 unspecified atom stereocenters. The molecule has 0 aliphatic carbocycles. The highest BCUT2D eigenvalue weighted by molar-refractivity contribution is 5.93. The van der Waals surface area contributed by atoms with Crippen molar-refractivity contribution in [2.75, 3.05) is 26.2 Å². The molecule has 5 rings (SSSR count). The maximum Gasteiger partial charge on any atom is 0.272 e. The first kappa shape index (κ1) is 35.4. The lowest BCUT2D eigenvalue weighted by Crippen LogP contribution is -2.56. The van der Waals surface area contributed by atoms with Gasteiger partial charge in [0.15, 0.2) is 0 Å². The summed E-state index contributed by atoms with van der Waals surface area (Å²) in [5, 5.41) is 16.9. The first-order chi connectivity index (χ1) is 24.1. The smallest absolute Gasteiger partial charge is 0.272 e. The van der Waals surface area contributed by atoms with Crippen LogP contribution in [0.25, 0.3) is 0 Å².